The summed E-state index contributed by atoms with van der Waals surface area (Å²) < 4.78 is 7.00. The first-order valence-corrected chi connectivity index (χ1v) is 7.47. The fourth-order valence-electron chi connectivity index (χ4n) is 1.78. The van der Waals surface area contributed by atoms with Crippen LogP contribution in [0.1, 0.15) is 12.0 Å². The summed E-state index contributed by atoms with van der Waals surface area (Å²) in [6, 6.07) is 8.06. The lowest BCUT2D eigenvalue weighted by molar-refractivity contribution is -0.00000464. The minimum atomic E-state index is 0. The molecule has 0 aliphatic heterocycles. The van der Waals surface area contributed by atoms with Gasteiger partial charge in [0, 0.05) is 24.9 Å². The summed E-state index contributed by atoms with van der Waals surface area (Å²) in [5, 5.41) is 15.6. The van der Waals surface area contributed by atoms with E-state index in [4.69, 9.17) is 4.74 Å². The van der Waals surface area contributed by atoms with Gasteiger partial charge in [-0.3, -0.25) is 0 Å². The Morgan fingerprint density at radius 3 is 2.86 bits per heavy atom. The number of rotatable bonds is 8. The zero-order valence-electron chi connectivity index (χ0n) is 12.1. The summed E-state index contributed by atoms with van der Waals surface area (Å²) >= 11 is 1.67. The Morgan fingerprint density at radius 2 is 2.14 bits per heavy atom. The van der Waals surface area contributed by atoms with E-state index in [-0.39, 0.29) is 12.4 Å². The van der Waals surface area contributed by atoms with Gasteiger partial charge in [-0.2, -0.15) is 0 Å². The number of hydrogen-bond donors (Lipinski definition) is 1. The van der Waals surface area contributed by atoms with E-state index in [0.29, 0.717) is 0 Å². The third-order valence-corrected chi connectivity index (χ3v) is 3.92. The number of para-hydroxylation sites is 1. The Bertz CT molecular complexity index is 537. The van der Waals surface area contributed by atoms with Gasteiger partial charge < -0.3 is 22.5 Å². The van der Waals surface area contributed by atoms with Crippen molar-refractivity contribution < 1.29 is 17.1 Å². The summed E-state index contributed by atoms with van der Waals surface area (Å²) in [6.45, 7) is 1.77. The standard InChI is InChI=1S/C13H19N5OS.ClH/c1-18-13(15-16-17-18)20-9-5-8-14-10-11-6-3-4-7-12(11)19-2;/h3-4,6-7,14H,5,8-10H2,1-2H3;1H/p-1. The number of tetrazole rings is 1. The Hall–Kier alpha value is -1.31. The van der Waals surface area contributed by atoms with Gasteiger partial charge in [0.2, 0.25) is 5.16 Å². The van der Waals surface area contributed by atoms with Gasteiger partial charge in [-0.05, 0) is 29.5 Å². The Kier molecular flexibility index (Phi) is 8.11. The summed E-state index contributed by atoms with van der Waals surface area (Å²) in [5.41, 5.74) is 1.18. The van der Waals surface area contributed by atoms with Gasteiger partial charge in [-0.1, -0.05) is 30.0 Å². The molecule has 0 saturated carbocycles. The molecule has 2 aromatic rings. The predicted molar refractivity (Wildman–Crippen MR) is 78.8 cm³/mol. The second-order valence-corrected chi connectivity index (χ2v) is 5.34. The number of halogens is 1. The SMILES string of the molecule is COc1ccccc1CNCCCSc1nnnn1C.[Cl-]. The van der Waals surface area contributed by atoms with Crippen molar-refractivity contribution in [2.75, 3.05) is 19.4 Å². The summed E-state index contributed by atoms with van der Waals surface area (Å²) in [6.07, 6.45) is 1.06. The fourth-order valence-corrected chi connectivity index (χ4v) is 2.57. The first-order valence-electron chi connectivity index (χ1n) is 6.49. The number of thioether (sulfide) groups is 1. The molecule has 6 nitrogen and oxygen atoms in total. The first-order chi connectivity index (χ1) is 9.81. The second-order valence-electron chi connectivity index (χ2n) is 4.28. The Morgan fingerprint density at radius 1 is 1.33 bits per heavy atom. The van der Waals surface area contributed by atoms with E-state index in [2.05, 4.69) is 26.9 Å². The van der Waals surface area contributed by atoms with Crippen LogP contribution in [0.2, 0.25) is 0 Å². The zero-order valence-corrected chi connectivity index (χ0v) is 13.7. The van der Waals surface area contributed by atoms with Crippen molar-refractivity contribution in [3.63, 3.8) is 0 Å². The molecule has 0 saturated heterocycles. The number of nitrogens with one attached hydrogen (secondary N) is 1. The molecule has 1 aromatic carbocycles. The topological polar surface area (TPSA) is 64.9 Å². The third-order valence-electron chi connectivity index (χ3n) is 2.82. The molecule has 1 N–H and O–H groups in total. The van der Waals surface area contributed by atoms with Crippen molar-refractivity contribution in [2.24, 2.45) is 7.05 Å². The molecule has 0 radical (unpaired) electrons. The quantitative estimate of drug-likeness (QED) is 0.470. The zero-order chi connectivity index (χ0) is 14.2. The molecule has 0 amide bonds. The molecule has 2 rings (SSSR count). The predicted octanol–water partition coefficient (Wildman–Crippen LogP) is -1.51. The number of methoxy groups -OCH3 is 1. The van der Waals surface area contributed by atoms with Crippen LogP contribution in [0.3, 0.4) is 0 Å². The van der Waals surface area contributed by atoms with E-state index in [1.165, 1.54) is 5.56 Å². The van der Waals surface area contributed by atoms with Crippen molar-refractivity contribution in [3.05, 3.63) is 29.8 Å². The average molecular weight is 329 g/mol. The second kappa shape index (κ2) is 9.59. The Labute approximate surface area is 135 Å². The van der Waals surface area contributed by atoms with Crippen molar-refractivity contribution in [1.82, 2.24) is 25.5 Å². The molecule has 0 spiro atoms. The van der Waals surface area contributed by atoms with Gasteiger partial charge in [0.25, 0.3) is 0 Å². The van der Waals surface area contributed by atoms with Gasteiger partial charge in [0.15, 0.2) is 0 Å². The van der Waals surface area contributed by atoms with E-state index in [9.17, 15) is 0 Å². The van der Waals surface area contributed by atoms with Crippen LogP contribution in [0.5, 0.6) is 5.75 Å². The summed E-state index contributed by atoms with van der Waals surface area (Å²) in [5.74, 6) is 1.92. The minimum absolute atomic E-state index is 0. The molecule has 8 heteroatoms. The van der Waals surface area contributed by atoms with Crippen LogP contribution in [0, 0.1) is 0 Å². The van der Waals surface area contributed by atoms with E-state index in [0.717, 1.165) is 36.2 Å². The molecule has 0 unspecified atom stereocenters. The number of benzene rings is 1. The van der Waals surface area contributed by atoms with Crippen LogP contribution in [-0.4, -0.2) is 39.6 Å². The largest absolute Gasteiger partial charge is 1.00 e. The van der Waals surface area contributed by atoms with Gasteiger partial charge in [-0.25, -0.2) is 4.68 Å². The molecule has 0 atom stereocenters. The van der Waals surface area contributed by atoms with Crippen LogP contribution >= 0.6 is 11.8 Å². The Balaban J connectivity index is 0.00000220. The van der Waals surface area contributed by atoms with Gasteiger partial charge >= 0.3 is 0 Å². The van der Waals surface area contributed by atoms with Gasteiger partial charge in [-0.15, -0.1) is 5.10 Å². The minimum Gasteiger partial charge on any atom is -1.00 e. The van der Waals surface area contributed by atoms with Gasteiger partial charge in [0.1, 0.15) is 5.75 Å². The lowest BCUT2D eigenvalue weighted by Crippen LogP contribution is -3.00. The van der Waals surface area contributed by atoms with Crippen LogP contribution in [0.15, 0.2) is 29.4 Å². The van der Waals surface area contributed by atoms with Crippen LogP contribution in [0.25, 0.3) is 0 Å². The number of ether oxygens (including phenoxy) is 1. The number of hydrogen-bond acceptors (Lipinski definition) is 6. The number of aromatic nitrogens is 4. The highest BCUT2D eigenvalue weighted by molar-refractivity contribution is 7.99. The van der Waals surface area contributed by atoms with Crippen LogP contribution in [-0.2, 0) is 13.6 Å². The molecular weight excluding hydrogens is 310 g/mol. The maximum atomic E-state index is 5.32. The molecule has 1 aromatic heterocycles. The molecule has 21 heavy (non-hydrogen) atoms. The molecule has 0 bridgehead atoms. The lowest BCUT2D eigenvalue weighted by atomic mass is 10.2. The van der Waals surface area contributed by atoms with Crippen LogP contribution < -0.4 is 22.5 Å². The maximum absolute atomic E-state index is 5.32. The summed E-state index contributed by atoms with van der Waals surface area (Å²) in [4.78, 5) is 0. The highest BCUT2D eigenvalue weighted by Gasteiger charge is 2.03. The maximum Gasteiger partial charge on any atom is 0.209 e. The van der Waals surface area contributed by atoms with Crippen molar-refractivity contribution >= 4 is 11.8 Å². The highest BCUT2D eigenvalue weighted by Crippen LogP contribution is 2.17. The normalized spacial score (nSPS) is 10.2. The average Bonchev–Trinajstić information content (AvgIpc) is 2.88. The van der Waals surface area contributed by atoms with Gasteiger partial charge in [0.05, 0.1) is 7.11 Å². The molecule has 1 heterocycles. The fraction of sp³-hybridized carbons (Fsp3) is 0.462. The van der Waals surface area contributed by atoms with Crippen molar-refractivity contribution in [3.8, 4) is 5.75 Å². The molecular formula is C13H19ClN5OS-. The van der Waals surface area contributed by atoms with E-state index < -0.39 is 0 Å². The monoisotopic (exact) mass is 328 g/mol. The van der Waals surface area contributed by atoms with Crippen molar-refractivity contribution in [2.45, 2.75) is 18.1 Å². The highest BCUT2D eigenvalue weighted by atomic mass is 35.5. The van der Waals surface area contributed by atoms with Crippen LogP contribution in [0.4, 0.5) is 0 Å². The molecule has 0 aliphatic carbocycles. The molecule has 116 valence electrons. The lowest BCUT2D eigenvalue weighted by Gasteiger charge is -2.09. The van der Waals surface area contributed by atoms with E-state index >= 15 is 0 Å². The number of nitrogens with zero attached hydrogens (tertiary/aromatic N) is 4. The van der Waals surface area contributed by atoms with Crippen molar-refractivity contribution in [1.29, 1.82) is 0 Å². The van der Waals surface area contributed by atoms with E-state index in [1.54, 1.807) is 23.6 Å². The number of aryl methyl sites for hydroxylation is 1. The molecule has 0 fully saturated rings. The molecule has 0 aliphatic rings. The summed E-state index contributed by atoms with van der Waals surface area (Å²) in [7, 11) is 3.55. The van der Waals surface area contributed by atoms with E-state index in [1.807, 2.05) is 25.2 Å². The first kappa shape index (κ1) is 17.7. The third kappa shape index (κ3) is 5.53. The smallest absolute Gasteiger partial charge is 0.209 e.